The van der Waals surface area contributed by atoms with Gasteiger partial charge in [0, 0.05) is 12.5 Å². The molecule has 0 unspecified atom stereocenters. The minimum atomic E-state index is -2.92. The van der Waals surface area contributed by atoms with Gasteiger partial charge in [0.25, 0.3) is 0 Å². The predicted molar refractivity (Wildman–Crippen MR) is 88.1 cm³/mol. The molecule has 6 heteroatoms. The van der Waals surface area contributed by atoms with Crippen LogP contribution >= 0.6 is 0 Å². The molecule has 1 amide bonds. The van der Waals surface area contributed by atoms with Gasteiger partial charge in [-0.2, -0.15) is 0 Å². The Kier molecular flexibility index (Phi) is 4.90. The summed E-state index contributed by atoms with van der Waals surface area (Å²) in [6, 6.07) is 8.03. The minimum absolute atomic E-state index is 0.00153. The van der Waals surface area contributed by atoms with Crippen LogP contribution in [0.25, 0.3) is 0 Å². The summed E-state index contributed by atoms with van der Waals surface area (Å²) < 4.78 is 28.6. The van der Waals surface area contributed by atoms with Crippen LogP contribution in [0.5, 0.6) is 5.75 Å². The van der Waals surface area contributed by atoms with E-state index in [0.717, 1.165) is 18.6 Å². The third kappa shape index (κ3) is 4.25. The Morgan fingerprint density at radius 3 is 2.70 bits per heavy atom. The molecule has 0 radical (unpaired) electrons. The topological polar surface area (TPSA) is 72.5 Å². The van der Waals surface area contributed by atoms with Crippen LogP contribution in [0.15, 0.2) is 24.3 Å². The number of carbonyl (C=O) groups excluding carboxylic acids is 1. The average molecular weight is 337 g/mol. The molecule has 1 aromatic carbocycles. The zero-order valence-electron chi connectivity index (χ0n) is 13.2. The highest BCUT2D eigenvalue weighted by Gasteiger charge is 2.28. The lowest BCUT2D eigenvalue weighted by molar-refractivity contribution is -0.125. The maximum absolute atomic E-state index is 12.2. The summed E-state index contributed by atoms with van der Waals surface area (Å²) in [4.78, 5) is 12.2. The van der Waals surface area contributed by atoms with Crippen molar-refractivity contribution in [2.24, 2.45) is 11.8 Å². The van der Waals surface area contributed by atoms with E-state index in [4.69, 9.17) is 4.74 Å². The number of ether oxygens (including phenoxy) is 1. The zero-order valence-corrected chi connectivity index (χ0v) is 14.0. The normalized spacial score (nSPS) is 24.1. The number of carbonyl (C=O) groups is 1. The third-order valence-corrected chi connectivity index (χ3v) is 6.47. The molecule has 2 heterocycles. The molecule has 1 saturated heterocycles. The van der Waals surface area contributed by atoms with Crippen molar-refractivity contribution in [3.63, 3.8) is 0 Å². The van der Waals surface area contributed by atoms with Crippen LogP contribution in [0, 0.1) is 11.8 Å². The van der Waals surface area contributed by atoms with Gasteiger partial charge >= 0.3 is 0 Å². The van der Waals surface area contributed by atoms with E-state index in [0.29, 0.717) is 31.9 Å². The average Bonchev–Trinajstić information content (AvgIpc) is 2.74. The fourth-order valence-corrected chi connectivity index (χ4v) is 4.77. The molecule has 1 N–H and O–H groups in total. The Bertz CT molecular complexity index is 657. The molecule has 2 aliphatic heterocycles. The van der Waals surface area contributed by atoms with E-state index in [1.807, 2.05) is 18.2 Å². The van der Waals surface area contributed by atoms with Crippen molar-refractivity contribution in [2.75, 3.05) is 24.7 Å². The highest BCUT2D eigenvalue weighted by atomic mass is 32.2. The number of hydrogen-bond acceptors (Lipinski definition) is 4. The molecule has 0 spiro atoms. The molecule has 0 aromatic heterocycles. The molecular weight excluding hydrogens is 314 g/mol. The van der Waals surface area contributed by atoms with Crippen LogP contribution in [0.2, 0.25) is 0 Å². The van der Waals surface area contributed by atoms with Crippen molar-refractivity contribution in [2.45, 2.75) is 25.7 Å². The first-order valence-electron chi connectivity index (χ1n) is 8.22. The van der Waals surface area contributed by atoms with Gasteiger partial charge in [-0.25, -0.2) is 8.42 Å². The lowest BCUT2D eigenvalue weighted by Gasteiger charge is -2.22. The molecule has 1 fully saturated rings. The van der Waals surface area contributed by atoms with Crippen LogP contribution in [0.3, 0.4) is 0 Å². The number of sulfone groups is 1. The number of rotatable bonds is 3. The minimum Gasteiger partial charge on any atom is -0.493 e. The van der Waals surface area contributed by atoms with E-state index < -0.39 is 9.84 Å². The van der Waals surface area contributed by atoms with E-state index in [2.05, 4.69) is 11.4 Å². The largest absolute Gasteiger partial charge is 0.493 e. The molecular formula is C17H23NO4S. The van der Waals surface area contributed by atoms with Gasteiger partial charge in [-0.15, -0.1) is 0 Å². The first-order valence-corrected chi connectivity index (χ1v) is 10.0. The van der Waals surface area contributed by atoms with Crippen LogP contribution in [-0.4, -0.2) is 39.0 Å². The molecule has 126 valence electrons. The second kappa shape index (κ2) is 6.91. The Morgan fingerprint density at radius 2 is 1.91 bits per heavy atom. The van der Waals surface area contributed by atoms with Crippen LogP contribution in [0.1, 0.15) is 24.8 Å². The van der Waals surface area contributed by atoms with Crippen molar-refractivity contribution in [1.82, 2.24) is 5.32 Å². The van der Waals surface area contributed by atoms with E-state index in [-0.39, 0.29) is 23.3 Å². The monoisotopic (exact) mass is 337 g/mol. The predicted octanol–water partition coefficient (Wildman–Crippen LogP) is 1.57. The number of hydrogen-bond donors (Lipinski definition) is 1. The van der Waals surface area contributed by atoms with Crippen LogP contribution in [-0.2, 0) is 21.1 Å². The number of benzene rings is 1. The van der Waals surface area contributed by atoms with E-state index in [1.54, 1.807) is 0 Å². The zero-order chi connectivity index (χ0) is 16.3. The van der Waals surface area contributed by atoms with Gasteiger partial charge in [-0.1, -0.05) is 18.2 Å². The first-order chi connectivity index (χ1) is 11.0. The number of nitrogens with one attached hydrogen (secondary N) is 1. The summed E-state index contributed by atoms with van der Waals surface area (Å²) in [6.07, 6.45) is 2.71. The number of amides is 1. The first kappa shape index (κ1) is 16.3. The van der Waals surface area contributed by atoms with Crippen molar-refractivity contribution >= 4 is 15.7 Å². The molecule has 0 aliphatic carbocycles. The van der Waals surface area contributed by atoms with E-state index >= 15 is 0 Å². The lowest BCUT2D eigenvalue weighted by atomic mass is 9.96. The molecule has 1 aromatic rings. The molecule has 0 saturated carbocycles. The van der Waals surface area contributed by atoms with Gasteiger partial charge in [0.15, 0.2) is 0 Å². The van der Waals surface area contributed by atoms with E-state index in [1.165, 1.54) is 5.56 Å². The number of fused-ring (bicyclic) bond motifs is 1. The smallest absolute Gasteiger partial charge is 0.223 e. The maximum Gasteiger partial charge on any atom is 0.223 e. The van der Waals surface area contributed by atoms with Crippen molar-refractivity contribution in [3.05, 3.63) is 29.8 Å². The van der Waals surface area contributed by atoms with Gasteiger partial charge in [0.1, 0.15) is 15.6 Å². The Morgan fingerprint density at radius 1 is 1.17 bits per heavy atom. The summed E-state index contributed by atoms with van der Waals surface area (Å²) in [5.41, 5.74) is 1.19. The van der Waals surface area contributed by atoms with Gasteiger partial charge in [0.2, 0.25) is 5.91 Å². The molecule has 1 atom stereocenters. The van der Waals surface area contributed by atoms with Gasteiger partial charge < -0.3 is 10.1 Å². The summed E-state index contributed by atoms with van der Waals surface area (Å²) in [5.74, 6) is 1.41. The van der Waals surface area contributed by atoms with Crippen LogP contribution < -0.4 is 10.1 Å². The SMILES string of the molecule is O=C(NC[C@H]1CCOc2ccccc2C1)C1CCS(=O)(=O)CC1. The van der Waals surface area contributed by atoms with Crippen LogP contribution in [0.4, 0.5) is 0 Å². The second-order valence-corrected chi connectivity index (χ2v) is 8.79. The fraction of sp³-hybridized carbons (Fsp3) is 0.588. The molecule has 23 heavy (non-hydrogen) atoms. The Hall–Kier alpha value is -1.56. The number of para-hydroxylation sites is 1. The van der Waals surface area contributed by atoms with Crippen molar-refractivity contribution in [3.8, 4) is 5.75 Å². The highest BCUT2D eigenvalue weighted by molar-refractivity contribution is 7.91. The Balaban J connectivity index is 1.51. The molecule has 0 bridgehead atoms. The fourth-order valence-electron chi connectivity index (χ4n) is 3.28. The van der Waals surface area contributed by atoms with Gasteiger partial charge in [-0.05, 0) is 43.2 Å². The van der Waals surface area contributed by atoms with Gasteiger partial charge in [0.05, 0.1) is 18.1 Å². The highest BCUT2D eigenvalue weighted by Crippen LogP contribution is 2.26. The Labute approximate surface area is 137 Å². The summed E-state index contributed by atoms with van der Waals surface area (Å²) >= 11 is 0. The van der Waals surface area contributed by atoms with Crippen molar-refractivity contribution in [1.29, 1.82) is 0 Å². The molecule has 5 nitrogen and oxygen atoms in total. The molecule has 2 aliphatic rings. The quantitative estimate of drug-likeness (QED) is 0.909. The lowest BCUT2D eigenvalue weighted by Crippen LogP contribution is -2.38. The van der Waals surface area contributed by atoms with Gasteiger partial charge in [-0.3, -0.25) is 4.79 Å². The summed E-state index contributed by atoms with van der Waals surface area (Å²) in [5, 5.41) is 3.02. The standard InChI is InChI=1S/C17H23NO4S/c19-17(14-6-9-23(20,21)10-7-14)18-12-13-5-8-22-16-4-2-1-3-15(16)11-13/h1-4,13-14H,5-12H2,(H,18,19)/t13-/m0/s1. The summed E-state index contributed by atoms with van der Waals surface area (Å²) in [7, 11) is -2.92. The maximum atomic E-state index is 12.2. The molecule has 3 rings (SSSR count). The van der Waals surface area contributed by atoms with E-state index in [9.17, 15) is 13.2 Å². The summed E-state index contributed by atoms with van der Waals surface area (Å²) in [6.45, 7) is 1.29. The second-order valence-electron chi connectivity index (χ2n) is 6.49. The third-order valence-electron chi connectivity index (χ3n) is 4.76. The van der Waals surface area contributed by atoms with Crippen molar-refractivity contribution < 1.29 is 17.9 Å².